The minimum Gasteiger partial charge on any atom is -0.460 e. The molecular weight excluding hydrogens is 270 g/mol. The van der Waals surface area contributed by atoms with Gasteiger partial charge in [-0.15, -0.1) is 0 Å². The van der Waals surface area contributed by atoms with Gasteiger partial charge in [0, 0.05) is 19.3 Å². The number of hydrogen-bond acceptors (Lipinski definition) is 5. The van der Waals surface area contributed by atoms with Gasteiger partial charge in [0.25, 0.3) is 0 Å². The highest BCUT2D eigenvalue weighted by Crippen LogP contribution is 2.41. The lowest BCUT2D eigenvalue weighted by Crippen LogP contribution is -2.48. The molecule has 1 saturated carbocycles. The van der Waals surface area contributed by atoms with Crippen molar-refractivity contribution < 1.29 is 19.0 Å². The van der Waals surface area contributed by atoms with E-state index in [1.165, 1.54) is 0 Å². The summed E-state index contributed by atoms with van der Waals surface area (Å²) in [7, 11) is 0. The summed E-state index contributed by atoms with van der Waals surface area (Å²) >= 11 is 0. The van der Waals surface area contributed by atoms with Gasteiger partial charge in [-0.3, -0.25) is 4.79 Å². The second kappa shape index (κ2) is 6.63. The molecule has 1 heterocycles. The van der Waals surface area contributed by atoms with Crippen LogP contribution in [0.15, 0.2) is 0 Å². The predicted molar refractivity (Wildman–Crippen MR) is 79.7 cm³/mol. The molecule has 2 atom stereocenters. The fourth-order valence-electron chi connectivity index (χ4n) is 3.23. The van der Waals surface area contributed by atoms with Crippen molar-refractivity contribution in [1.82, 2.24) is 0 Å². The quantitative estimate of drug-likeness (QED) is 0.808. The van der Waals surface area contributed by atoms with Gasteiger partial charge in [0.2, 0.25) is 0 Å². The van der Waals surface area contributed by atoms with E-state index in [0.29, 0.717) is 13.0 Å². The highest BCUT2D eigenvalue weighted by molar-refractivity contribution is 5.70. The van der Waals surface area contributed by atoms with E-state index >= 15 is 0 Å². The number of carbonyl (C=O) groups is 1. The van der Waals surface area contributed by atoms with Gasteiger partial charge >= 0.3 is 5.97 Å². The Hall–Kier alpha value is -0.650. The molecule has 1 aliphatic carbocycles. The molecule has 21 heavy (non-hydrogen) atoms. The summed E-state index contributed by atoms with van der Waals surface area (Å²) in [5, 5.41) is 0. The first-order valence-corrected chi connectivity index (χ1v) is 8.09. The first-order valence-electron chi connectivity index (χ1n) is 8.09. The minimum atomic E-state index is -0.481. The maximum Gasteiger partial charge on any atom is 0.308 e. The topological polar surface area (TPSA) is 70.8 Å². The van der Waals surface area contributed by atoms with Crippen LogP contribution in [0, 0.1) is 0 Å². The van der Waals surface area contributed by atoms with Crippen molar-refractivity contribution >= 4 is 5.97 Å². The van der Waals surface area contributed by atoms with E-state index in [0.717, 1.165) is 38.5 Å². The molecule has 0 unspecified atom stereocenters. The van der Waals surface area contributed by atoms with Crippen molar-refractivity contribution in [3.63, 3.8) is 0 Å². The highest BCUT2D eigenvalue weighted by atomic mass is 16.7. The molecule has 0 amide bonds. The van der Waals surface area contributed by atoms with E-state index in [4.69, 9.17) is 19.9 Å². The van der Waals surface area contributed by atoms with Gasteiger partial charge in [-0.25, -0.2) is 0 Å². The fourth-order valence-corrected chi connectivity index (χ4v) is 3.23. The molecule has 5 heteroatoms. The molecule has 1 spiro atoms. The normalized spacial score (nSPS) is 28.8. The molecule has 5 nitrogen and oxygen atoms in total. The molecule has 0 aromatic heterocycles. The van der Waals surface area contributed by atoms with E-state index < -0.39 is 11.4 Å². The third kappa shape index (κ3) is 4.94. The standard InChI is InChI=1S/C16H29NO4/c1-15(2,3)21-14(18)11-13-10-12(6-9-17)19-16(20-13)7-4-5-8-16/h12-13H,4-11,17H2,1-3H3/t12-,13-/m1/s1. The summed E-state index contributed by atoms with van der Waals surface area (Å²) in [6, 6.07) is 0. The van der Waals surface area contributed by atoms with Crippen LogP contribution >= 0.6 is 0 Å². The zero-order valence-electron chi connectivity index (χ0n) is 13.5. The third-order valence-corrected chi connectivity index (χ3v) is 3.96. The molecule has 2 aliphatic rings. The predicted octanol–water partition coefficient (Wildman–Crippen LogP) is 2.51. The van der Waals surface area contributed by atoms with Crippen LogP contribution in [0.4, 0.5) is 0 Å². The molecule has 1 saturated heterocycles. The minimum absolute atomic E-state index is 0.0919. The van der Waals surface area contributed by atoms with Gasteiger partial charge < -0.3 is 19.9 Å². The second-order valence-electron chi connectivity index (χ2n) is 7.20. The lowest BCUT2D eigenvalue weighted by Gasteiger charge is -2.42. The number of nitrogens with two attached hydrogens (primary N) is 1. The van der Waals surface area contributed by atoms with Crippen LogP contribution < -0.4 is 5.73 Å². The Balaban J connectivity index is 1.96. The molecular formula is C16H29NO4. The Morgan fingerprint density at radius 1 is 1.24 bits per heavy atom. The summed E-state index contributed by atoms with van der Waals surface area (Å²) in [6.45, 7) is 6.24. The lowest BCUT2D eigenvalue weighted by atomic mass is 10.0. The second-order valence-corrected chi connectivity index (χ2v) is 7.20. The van der Waals surface area contributed by atoms with Crippen molar-refractivity contribution in [1.29, 1.82) is 0 Å². The summed E-state index contributed by atoms with van der Waals surface area (Å²) in [6.07, 6.45) is 5.87. The van der Waals surface area contributed by atoms with Gasteiger partial charge in [-0.1, -0.05) is 0 Å². The summed E-state index contributed by atoms with van der Waals surface area (Å²) in [5.41, 5.74) is 5.21. The largest absolute Gasteiger partial charge is 0.460 e. The van der Waals surface area contributed by atoms with Crippen LogP contribution in [0.5, 0.6) is 0 Å². The van der Waals surface area contributed by atoms with E-state index in [9.17, 15) is 4.79 Å². The van der Waals surface area contributed by atoms with Crippen LogP contribution in [0.3, 0.4) is 0 Å². The number of ether oxygens (including phenoxy) is 3. The molecule has 2 N–H and O–H groups in total. The van der Waals surface area contributed by atoms with Crippen LogP contribution in [-0.4, -0.2) is 36.1 Å². The maximum absolute atomic E-state index is 12.0. The Morgan fingerprint density at radius 3 is 2.43 bits per heavy atom. The summed E-state index contributed by atoms with van der Waals surface area (Å²) < 4.78 is 17.7. The van der Waals surface area contributed by atoms with E-state index in [2.05, 4.69) is 0 Å². The SMILES string of the molecule is CC(C)(C)OC(=O)C[C@H]1C[C@@H](CCN)OC2(CCCC2)O1. The Kier molecular flexibility index (Phi) is 5.28. The summed E-state index contributed by atoms with van der Waals surface area (Å²) in [5.74, 6) is -0.681. The van der Waals surface area contributed by atoms with Crippen LogP contribution in [0.25, 0.3) is 0 Å². The van der Waals surface area contributed by atoms with Crippen molar-refractivity contribution in [2.24, 2.45) is 5.73 Å². The number of rotatable bonds is 4. The number of esters is 1. The number of carbonyl (C=O) groups excluding carboxylic acids is 1. The third-order valence-electron chi connectivity index (χ3n) is 3.96. The Labute approximate surface area is 127 Å². The van der Waals surface area contributed by atoms with Gasteiger partial charge in [0.05, 0.1) is 18.6 Å². The average Bonchev–Trinajstić information content (AvgIpc) is 2.73. The molecule has 2 rings (SSSR count). The van der Waals surface area contributed by atoms with Gasteiger partial charge in [-0.05, 0) is 46.6 Å². The monoisotopic (exact) mass is 299 g/mol. The zero-order chi connectivity index (χ0) is 15.5. The number of hydrogen-bond donors (Lipinski definition) is 1. The van der Waals surface area contributed by atoms with Crippen molar-refractivity contribution in [2.45, 2.75) is 89.3 Å². The maximum atomic E-state index is 12.0. The van der Waals surface area contributed by atoms with Crippen LogP contribution in [0.2, 0.25) is 0 Å². The van der Waals surface area contributed by atoms with Gasteiger partial charge in [0.1, 0.15) is 5.60 Å². The van der Waals surface area contributed by atoms with Gasteiger partial charge in [0.15, 0.2) is 5.79 Å². The van der Waals surface area contributed by atoms with E-state index in [1.807, 2.05) is 20.8 Å². The van der Waals surface area contributed by atoms with Crippen molar-refractivity contribution in [3.05, 3.63) is 0 Å². The molecule has 0 bridgehead atoms. The van der Waals surface area contributed by atoms with Crippen molar-refractivity contribution in [3.8, 4) is 0 Å². The molecule has 122 valence electrons. The van der Waals surface area contributed by atoms with E-state index in [1.54, 1.807) is 0 Å². The van der Waals surface area contributed by atoms with Gasteiger partial charge in [-0.2, -0.15) is 0 Å². The molecule has 0 aromatic carbocycles. The smallest absolute Gasteiger partial charge is 0.308 e. The fraction of sp³-hybridized carbons (Fsp3) is 0.938. The molecule has 0 aromatic rings. The first kappa shape index (κ1) is 16.7. The first-order chi connectivity index (χ1) is 9.82. The molecule has 0 radical (unpaired) electrons. The molecule has 2 fully saturated rings. The van der Waals surface area contributed by atoms with Crippen LogP contribution in [-0.2, 0) is 19.0 Å². The highest BCUT2D eigenvalue weighted by Gasteiger charge is 2.45. The van der Waals surface area contributed by atoms with E-state index in [-0.39, 0.29) is 18.2 Å². The zero-order valence-corrected chi connectivity index (χ0v) is 13.5. The Morgan fingerprint density at radius 2 is 1.86 bits per heavy atom. The molecule has 1 aliphatic heterocycles. The average molecular weight is 299 g/mol. The summed E-state index contributed by atoms with van der Waals surface area (Å²) in [4.78, 5) is 12.0. The Bertz CT molecular complexity index is 358. The van der Waals surface area contributed by atoms with Crippen molar-refractivity contribution in [2.75, 3.05) is 6.54 Å². The lowest BCUT2D eigenvalue weighted by molar-refractivity contribution is -0.315. The van der Waals surface area contributed by atoms with Crippen LogP contribution in [0.1, 0.15) is 65.7 Å².